The molecule has 11 nitrogen and oxygen atoms in total. The van der Waals surface area contributed by atoms with Crippen molar-refractivity contribution in [1.82, 2.24) is 4.98 Å². The molecule has 1 aromatic heterocycles. The maximum atomic E-state index is 8.25. The second-order valence-corrected chi connectivity index (χ2v) is 5.77. The van der Waals surface area contributed by atoms with E-state index in [-0.39, 0.29) is 29.2 Å². The quantitative estimate of drug-likeness (QED) is 0.245. The van der Waals surface area contributed by atoms with Crippen molar-refractivity contribution in [3.63, 3.8) is 0 Å². The molecule has 0 saturated carbocycles. The number of nitrogens with two attached hydrogens (primary N) is 1. The first kappa shape index (κ1) is 28.1. The van der Waals surface area contributed by atoms with Crippen molar-refractivity contribution >= 4 is 6.21 Å². The second-order valence-electron chi connectivity index (χ2n) is 5.77. The first-order valence-corrected chi connectivity index (χ1v) is 8.74. The van der Waals surface area contributed by atoms with Crippen LogP contribution in [0.2, 0.25) is 0 Å². The zero-order valence-electron chi connectivity index (χ0n) is 16.4. The molecule has 0 fully saturated rings. The Hall–Kier alpha value is -3.86. The van der Waals surface area contributed by atoms with Crippen LogP contribution in [0.25, 0.3) is 0 Å². The fourth-order valence-electron chi connectivity index (χ4n) is 2.50. The summed E-state index contributed by atoms with van der Waals surface area (Å²) in [5, 5.41) is 29.5. The third kappa shape index (κ3) is 12.0. The first-order chi connectivity index (χ1) is 14.8. The Labute approximate surface area is 194 Å². The van der Waals surface area contributed by atoms with Crippen LogP contribution < -0.4 is 5.73 Å². The zero-order valence-corrected chi connectivity index (χ0v) is 17.4. The van der Waals surface area contributed by atoms with Gasteiger partial charge in [0, 0.05) is 12.4 Å². The molecule has 12 heteroatoms. The minimum absolute atomic E-state index is 0. The van der Waals surface area contributed by atoms with Crippen molar-refractivity contribution in [3.05, 3.63) is 133 Å². The standard InChI is InChI=1S/C20H19N3.Cu.2NO3/c21-19(16-9-3-1-4-10-16)20(17-11-5-2-6-12-17)23-15-18-13-7-8-14-22-18;;2*2-1(3)4/h1-15,19-20H,21H2;;;/q;+2;2*-1/t19-,20+;;;/m0.../s1. The van der Waals surface area contributed by atoms with Crippen LogP contribution >= 0.6 is 0 Å². The molecule has 0 spiro atoms. The Balaban J connectivity index is 0.000000928. The molecule has 3 aromatic rings. The molecule has 0 bridgehead atoms. The van der Waals surface area contributed by atoms with Gasteiger partial charge in [-0.25, -0.2) is 0 Å². The van der Waals surface area contributed by atoms with E-state index in [0.717, 1.165) is 16.8 Å². The summed E-state index contributed by atoms with van der Waals surface area (Å²) in [7, 11) is 0. The Bertz CT molecular complexity index is 928. The molecule has 2 N–H and O–H groups in total. The molecular weight excluding hydrogens is 470 g/mol. The number of hydrogen-bond acceptors (Lipinski definition) is 9. The molecule has 1 heterocycles. The van der Waals surface area contributed by atoms with Crippen LogP contribution in [0.4, 0.5) is 0 Å². The summed E-state index contributed by atoms with van der Waals surface area (Å²) >= 11 is 0. The molecule has 2 atom stereocenters. The van der Waals surface area contributed by atoms with Crippen LogP contribution in [0, 0.1) is 30.6 Å². The van der Waals surface area contributed by atoms with E-state index in [4.69, 9.17) is 41.4 Å². The van der Waals surface area contributed by atoms with Crippen molar-refractivity contribution in [1.29, 1.82) is 0 Å². The van der Waals surface area contributed by atoms with Gasteiger partial charge in [0.05, 0.1) is 28.0 Å². The van der Waals surface area contributed by atoms with Crippen LogP contribution in [0.3, 0.4) is 0 Å². The Morgan fingerprint density at radius 1 is 0.781 bits per heavy atom. The van der Waals surface area contributed by atoms with Gasteiger partial charge < -0.3 is 36.4 Å². The van der Waals surface area contributed by atoms with Crippen molar-refractivity contribution in [3.8, 4) is 0 Å². The number of nitrogens with zero attached hydrogens (tertiary/aromatic N) is 4. The van der Waals surface area contributed by atoms with E-state index < -0.39 is 10.2 Å². The number of benzene rings is 2. The van der Waals surface area contributed by atoms with Crippen molar-refractivity contribution in [2.75, 3.05) is 0 Å². The first-order valence-electron chi connectivity index (χ1n) is 8.74. The van der Waals surface area contributed by atoms with Crippen molar-refractivity contribution in [2.24, 2.45) is 10.7 Å². The molecule has 2 aromatic carbocycles. The van der Waals surface area contributed by atoms with E-state index in [9.17, 15) is 0 Å². The van der Waals surface area contributed by atoms with Gasteiger partial charge in [-0.2, -0.15) is 0 Å². The Kier molecular flexibility index (Phi) is 14.0. The largest absolute Gasteiger partial charge is 2.00 e. The predicted octanol–water partition coefficient (Wildman–Crippen LogP) is 3.46. The minimum Gasteiger partial charge on any atom is -0.356 e. The molecule has 1 radical (unpaired) electrons. The predicted molar refractivity (Wildman–Crippen MR) is 115 cm³/mol. The molecule has 0 unspecified atom stereocenters. The third-order valence-electron chi connectivity index (χ3n) is 3.72. The Morgan fingerprint density at radius 2 is 1.22 bits per heavy atom. The molecule has 0 aliphatic rings. The van der Waals surface area contributed by atoms with Crippen LogP contribution in [0.1, 0.15) is 28.9 Å². The monoisotopic (exact) mass is 488 g/mol. The van der Waals surface area contributed by atoms with Gasteiger partial charge in [0.2, 0.25) is 0 Å². The number of hydrogen-bond donors (Lipinski definition) is 1. The van der Waals surface area contributed by atoms with Crippen LogP contribution in [-0.2, 0) is 17.1 Å². The van der Waals surface area contributed by atoms with Crippen LogP contribution in [0.15, 0.2) is 90.1 Å². The number of aromatic nitrogens is 1. The Morgan fingerprint density at radius 3 is 1.66 bits per heavy atom. The fraction of sp³-hybridized carbons (Fsp3) is 0.100. The zero-order chi connectivity index (χ0) is 23.1. The van der Waals surface area contributed by atoms with Gasteiger partial charge in [0.15, 0.2) is 0 Å². The molecule has 0 saturated heterocycles. The molecule has 171 valence electrons. The van der Waals surface area contributed by atoms with Gasteiger partial charge in [-0.3, -0.25) is 9.98 Å². The van der Waals surface area contributed by atoms with Gasteiger partial charge in [-0.15, -0.1) is 0 Å². The third-order valence-corrected chi connectivity index (χ3v) is 3.72. The van der Waals surface area contributed by atoms with Crippen molar-refractivity contribution < 1.29 is 27.2 Å². The van der Waals surface area contributed by atoms with E-state index in [1.165, 1.54) is 0 Å². The molecule has 32 heavy (non-hydrogen) atoms. The average Bonchev–Trinajstić information content (AvgIpc) is 2.75. The van der Waals surface area contributed by atoms with Gasteiger partial charge in [-0.1, -0.05) is 66.7 Å². The summed E-state index contributed by atoms with van der Waals surface area (Å²) in [5.74, 6) is 0. The van der Waals surface area contributed by atoms with Crippen LogP contribution in [0.5, 0.6) is 0 Å². The molecule has 3 rings (SSSR count). The summed E-state index contributed by atoms with van der Waals surface area (Å²) in [4.78, 5) is 25.5. The summed E-state index contributed by atoms with van der Waals surface area (Å²) in [6.45, 7) is 0. The van der Waals surface area contributed by atoms with Crippen molar-refractivity contribution in [2.45, 2.75) is 12.1 Å². The number of aliphatic imine (C=N–C) groups is 1. The molecule has 0 amide bonds. The van der Waals surface area contributed by atoms with Crippen LogP contribution in [-0.4, -0.2) is 21.4 Å². The van der Waals surface area contributed by atoms with Gasteiger partial charge in [0.1, 0.15) is 0 Å². The van der Waals surface area contributed by atoms with E-state index in [1.54, 1.807) is 12.4 Å². The van der Waals surface area contributed by atoms with Gasteiger partial charge in [0.25, 0.3) is 0 Å². The summed E-state index contributed by atoms with van der Waals surface area (Å²) in [6.07, 6.45) is 3.55. The van der Waals surface area contributed by atoms with Gasteiger partial charge >= 0.3 is 17.1 Å². The second kappa shape index (κ2) is 15.9. The average molecular weight is 489 g/mol. The summed E-state index contributed by atoms with van der Waals surface area (Å²) in [5.41, 5.74) is 9.49. The summed E-state index contributed by atoms with van der Waals surface area (Å²) in [6, 6.07) is 25.6. The normalized spacial score (nSPS) is 11.4. The molecular formula is C20H19CuN5O6. The van der Waals surface area contributed by atoms with E-state index in [1.807, 2.05) is 66.7 Å². The summed E-state index contributed by atoms with van der Waals surface area (Å²) < 4.78 is 0. The maximum Gasteiger partial charge on any atom is 2.00 e. The number of pyridine rings is 1. The minimum atomic E-state index is -1.75. The van der Waals surface area contributed by atoms with E-state index in [2.05, 4.69) is 17.1 Å². The van der Waals surface area contributed by atoms with E-state index in [0.29, 0.717) is 0 Å². The molecule has 0 aliphatic carbocycles. The molecule has 0 aliphatic heterocycles. The fourth-order valence-corrected chi connectivity index (χ4v) is 2.50. The van der Waals surface area contributed by atoms with E-state index >= 15 is 0 Å². The number of rotatable bonds is 5. The maximum absolute atomic E-state index is 8.25. The SMILES string of the molecule is N[C@@H](c1ccccc1)[C@H](N=Cc1ccccn1)c1ccccc1.O=[N+]([O-])[O-].O=[N+]([O-])[O-].[Cu+2]. The topological polar surface area (TPSA) is 184 Å². The van der Waals surface area contributed by atoms with Gasteiger partial charge in [-0.05, 0) is 23.3 Å². The smallest absolute Gasteiger partial charge is 0.356 e.